The minimum atomic E-state index is -0.587. The molecule has 0 atom stereocenters. The van der Waals surface area contributed by atoms with Crippen molar-refractivity contribution in [3.05, 3.63) is 71.5 Å². The molecule has 1 aromatic carbocycles. The van der Waals surface area contributed by atoms with Crippen LogP contribution in [0.15, 0.2) is 60.2 Å². The van der Waals surface area contributed by atoms with E-state index in [9.17, 15) is 4.79 Å². The van der Waals surface area contributed by atoms with Crippen LogP contribution in [0, 0.1) is 0 Å². The Balaban J connectivity index is 1.68. The fraction of sp³-hybridized carbons (Fsp3) is 0.364. The first kappa shape index (κ1) is 21.1. The number of rotatable bonds is 6. The lowest BCUT2D eigenvalue weighted by atomic mass is 9.77. The molecule has 0 spiro atoms. The second-order valence-corrected chi connectivity index (χ2v) is 7.98. The monoisotopic (exact) mass is 394 g/mol. The molecule has 152 valence electrons. The molecule has 0 saturated carbocycles. The predicted molar refractivity (Wildman–Crippen MR) is 113 cm³/mol. The molecule has 1 aliphatic heterocycles. The number of aromatic nitrogens is 1. The molecule has 1 fully saturated rings. The van der Waals surface area contributed by atoms with E-state index in [0.717, 1.165) is 16.7 Å². The van der Waals surface area contributed by atoms with Crippen molar-refractivity contribution in [3.8, 4) is 0 Å². The Labute approximate surface area is 172 Å². The summed E-state index contributed by atoms with van der Waals surface area (Å²) in [5.74, 6) is 0. The summed E-state index contributed by atoms with van der Waals surface area (Å²) in [6.07, 6.45) is 3.09. The van der Waals surface area contributed by atoms with Crippen molar-refractivity contribution < 1.29 is 18.8 Å². The minimum Gasteiger partial charge on any atom is -0.445 e. The Kier molecular flexibility index (Phi) is 6.40. The van der Waals surface area contributed by atoms with Gasteiger partial charge in [0.05, 0.1) is 16.9 Å². The molecule has 1 aromatic heterocycles. The topological polar surface area (TPSA) is 69.7 Å². The SMILES string of the molecule is CC1(C)OB(C(=Cc2ccccn2)CNC(=O)OCc2ccccc2)OC1(C)C. The number of nitrogens with zero attached hydrogens (tertiary/aromatic N) is 1. The van der Waals surface area contributed by atoms with Crippen molar-refractivity contribution in [1.29, 1.82) is 0 Å². The first-order valence-electron chi connectivity index (χ1n) is 9.68. The Morgan fingerprint density at radius 1 is 1.07 bits per heavy atom. The molecule has 0 aliphatic carbocycles. The Morgan fingerprint density at radius 2 is 1.72 bits per heavy atom. The Bertz CT molecular complexity index is 838. The molecule has 1 N–H and O–H groups in total. The summed E-state index contributed by atoms with van der Waals surface area (Å²) in [4.78, 5) is 16.5. The summed E-state index contributed by atoms with van der Waals surface area (Å²) in [6, 6.07) is 15.2. The zero-order valence-corrected chi connectivity index (χ0v) is 17.3. The number of pyridine rings is 1. The summed E-state index contributed by atoms with van der Waals surface area (Å²) in [5, 5.41) is 2.79. The van der Waals surface area contributed by atoms with E-state index in [1.54, 1.807) is 6.20 Å². The number of carbonyl (C=O) groups is 1. The molecule has 2 aromatic rings. The van der Waals surface area contributed by atoms with Gasteiger partial charge in [0.1, 0.15) is 6.61 Å². The van der Waals surface area contributed by atoms with Crippen molar-refractivity contribution in [2.24, 2.45) is 0 Å². The molecular formula is C22H27BN2O4. The third-order valence-corrected chi connectivity index (χ3v) is 5.23. The van der Waals surface area contributed by atoms with E-state index < -0.39 is 24.4 Å². The number of amides is 1. The number of ether oxygens (including phenoxy) is 1. The molecule has 1 saturated heterocycles. The third kappa shape index (κ3) is 5.46. The Hall–Kier alpha value is -2.64. The van der Waals surface area contributed by atoms with E-state index in [1.165, 1.54) is 0 Å². The number of hydrogen-bond acceptors (Lipinski definition) is 5. The van der Waals surface area contributed by atoms with Crippen LogP contribution in [0.3, 0.4) is 0 Å². The summed E-state index contributed by atoms with van der Waals surface area (Å²) in [6.45, 7) is 8.41. The smallest absolute Gasteiger partial charge is 0.445 e. The number of alkyl carbamates (subject to hydrolysis) is 1. The van der Waals surface area contributed by atoms with Gasteiger partial charge >= 0.3 is 13.2 Å². The highest BCUT2D eigenvalue weighted by atomic mass is 16.7. The second kappa shape index (κ2) is 8.80. The van der Waals surface area contributed by atoms with Crippen LogP contribution in [-0.2, 0) is 20.7 Å². The van der Waals surface area contributed by atoms with Crippen molar-refractivity contribution in [2.75, 3.05) is 6.54 Å². The van der Waals surface area contributed by atoms with Gasteiger partial charge in [0, 0.05) is 12.7 Å². The van der Waals surface area contributed by atoms with Gasteiger partial charge in [-0.05, 0) is 56.9 Å². The fourth-order valence-corrected chi connectivity index (χ4v) is 2.80. The molecule has 0 radical (unpaired) electrons. The van der Waals surface area contributed by atoms with Gasteiger partial charge < -0.3 is 19.4 Å². The third-order valence-electron chi connectivity index (χ3n) is 5.23. The molecule has 7 heteroatoms. The van der Waals surface area contributed by atoms with E-state index in [2.05, 4.69) is 10.3 Å². The molecule has 1 aliphatic rings. The van der Waals surface area contributed by atoms with Gasteiger partial charge in [-0.1, -0.05) is 36.4 Å². The highest BCUT2D eigenvalue weighted by Gasteiger charge is 2.52. The highest BCUT2D eigenvalue weighted by molar-refractivity contribution is 6.56. The van der Waals surface area contributed by atoms with Gasteiger partial charge in [-0.25, -0.2) is 4.79 Å². The van der Waals surface area contributed by atoms with E-state index >= 15 is 0 Å². The molecule has 1 amide bonds. The highest BCUT2D eigenvalue weighted by Crippen LogP contribution is 2.38. The normalized spacial score (nSPS) is 17.8. The largest absolute Gasteiger partial charge is 0.492 e. The minimum absolute atomic E-state index is 0.211. The van der Waals surface area contributed by atoms with Gasteiger partial charge in [-0.15, -0.1) is 0 Å². The van der Waals surface area contributed by atoms with E-state index in [1.807, 2.05) is 82.3 Å². The van der Waals surface area contributed by atoms with E-state index in [-0.39, 0.29) is 13.2 Å². The fourth-order valence-electron chi connectivity index (χ4n) is 2.80. The number of hydrogen-bond donors (Lipinski definition) is 1. The number of nitrogens with one attached hydrogen (secondary N) is 1. The van der Waals surface area contributed by atoms with Crippen LogP contribution in [0.1, 0.15) is 39.0 Å². The van der Waals surface area contributed by atoms with Crippen LogP contribution in [0.25, 0.3) is 6.08 Å². The van der Waals surface area contributed by atoms with Crippen molar-refractivity contribution in [1.82, 2.24) is 10.3 Å². The zero-order chi connectivity index (χ0) is 20.9. The maximum Gasteiger partial charge on any atom is 0.492 e. The van der Waals surface area contributed by atoms with Gasteiger partial charge in [0.15, 0.2) is 0 Å². The number of benzene rings is 1. The lowest BCUT2D eigenvalue weighted by Crippen LogP contribution is -2.41. The summed E-state index contributed by atoms with van der Waals surface area (Å²) >= 11 is 0. The molecule has 3 rings (SSSR count). The van der Waals surface area contributed by atoms with Crippen LogP contribution in [0.4, 0.5) is 4.79 Å². The lowest BCUT2D eigenvalue weighted by Gasteiger charge is -2.32. The second-order valence-electron chi connectivity index (χ2n) is 7.98. The van der Waals surface area contributed by atoms with Gasteiger partial charge in [-0.2, -0.15) is 0 Å². The standard InChI is InChI=1S/C22H27BN2O4/c1-21(2)22(3,4)29-23(28-21)18(14-19-12-8-9-13-24-19)15-25-20(26)27-16-17-10-6-5-7-11-17/h5-14H,15-16H2,1-4H3,(H,25,26). The molecule has 2 heterocycles. The quantitative estimate of drug-likeness (QED) is 0.750. The number of carbonyl (C=O) groups excluding carboxylic acids is 1. The van der Waals surface area contributed by atoms with Crippen LogP contribution in [0.5, 0.6) is 0 Å². The Morgan fingerprint density at radius 3 is 2.34 bits per heavy atom. The van der Waals surface area contributed by atoms with Crippen LogP contribution >= 0.6 is 0 Å². The first-order chi connectivity index (χ1) is 13.8. The predicted octanol–water partition coefficient (Wildman–Crippen LogP) is 4.02. The van der Waals surface area contributed by atoms with E-state index in [0.29, 0.717) is 0 Å². The van der Waals surface area contributed by atoms with E-state index in [4.69, 9.17) is 14.0 Å². The average molecular weight is 394 g/mol. The molecule has 29 heavy (non-hydrogen) atoms. The van der Waals surface area contributed by atoms with Crippen LogP contribution in [0.2, 0.25) is 0 Å². The van der Waals surface area contributed by atoms with Gasteiger partial charge in [-0.3, -0.25) is 4.98 Å². The molecule has 0 bridgehead atoms. The summed E-state index contributed by atoms with van der Waals surface area (Å²) in [7, 11) is -0.587. The van der Waals surface area contributed by atoms with Crippen molar-refractivity contribution in [3.63, 3.8) is 0 Å². The molecule has 6 nitrogen and oxygen atoms in total. The maximum atomic E-state index is 12.2. The lowest BCUT2D eigenvalue weighted by molar-refractivity contribution is 0.00578. The van der Waals surface area contributed by atoms with Crippen molar-refractivity contribution in [2.45, 2.75) is 45.5 Å². The summed E-state index contributed by atoms with van der Waals surface area (Å²) in [5.41, 5.74) is 1.50. The first-order valence-corrected chi connectivity index (χ1v) is 9.68. The van der Waals surface area contributed by atoms with Crippen LogP contribution in [-0.4, -0.2) is 35.9 Å². The zero-order valence-electron chi connectivity index (χ0n) is 17.3. The summed E-state index contributed by atoms with van der Waals surface area (Å²) < 4.78 is 17.6. The van der Waals surface area contributed by atoms with Crippen molar-refractivity contribution >= 4 is 19.3 Å². The van der Waals surface area contributed by atoms with Crippen LogP contribution < -0.4 is 5.32 Å². The average Bonchev–Trinajstić information content (AvgIpc) is 2.92. The maximum absolute atomic E-state index is 12.2. The van der Waals surface area contributed by atoms with Gasteiger partial charge in [0.25, 0.3) is 0 Å². The van der Waals surface area contributed by atoms with Gasteiger partial charge in [0.2, 0.25) is 0 Å². The molecular weight excluding hydrogens is 367 g/mol. The molecule has 0 unspecified atom stereocenters.